The molecule has 0 fully saturated rings. The van der Waals surface area contributed by atoms with Crippen LogP contribution in [0, 0.1) is 0 Å². The van der Waals surface area contributed by atoms with Crippen LogP contribution < -0.4 is 4.90 Å². The molecule has 0 spiro atoms. The first-order valence-electron chi connectivity index (χ1n) is 14.3. The number of anilines is 3. The molecule has 8 rings (SSSR count). The van der Waals surface area contributed by atoms with E-state index in [0.717, 1.165) is 11.4 Å². The van der Waals surface area contributed by atoms with Gasteiger partial charge < -0.3 is 0 Å². The summed E-state index contributed by atoms with van der Waals surface area (Å²) in [5, 5.41) is 5.47. The van der Waals surface area contributed by atoms with E-state index in [0.29, 0.717) is 0 Å². The molecule has 0 aliphatic rings. The molecule has 0 aliphatic carbocycles. The van der Waals surface area contributed by atoms with Crippen molar-refractivity contribution < 1.29 is 0 Å². The van der Waals surface area contributed by atoms with E-state index >= 15 is 0 Å². The third-order valence-corrected chi connectivity index (χ3v) is 10.6. The molecule has 0 bridgehead atoms. The number of nitrogens with zero attached hydrogens (tertiary/aromatic N) is 1. The molecule has 7 aromatic carbocycles. The van der Waals surface area contributed by atoms with E-state index in [1.165, 1.54) is 58.0 Å². The molecule has 42 heavy (non-hydrogen) atoms. The van der Waals surface area contributed by atoms with Gasteiger partial charge >= 0.3 is 253 Å². The van der Waals surface area contributed by atoms with Crippen molar-refractivity contribution >= 4 is 61.6 Å². The predicted octanol–water partition coefficient (Wildman–Crippen LogP) is 11.0. The molecular weight excluding hydrogens is 573 g/mol. The Kier molecular flexibility index (Phi) is 6.22. The standard InChI is InChI=1S/C40H27NSe/c1-3-10-28(11-4-1)30-18-21-33(22-19-30)41(34-16-9-15-32(26-34)29-12-5-2-6-13-29)35-23-25-37-38-24-20-31-14-7-8-17-36(31)40(38)42-39(37)27-35/h1-27H. The molecule has 1 nitrogen and oxygen atoms in total. The number of hydrogen-bond acceptors (Lipinski definition) is 1. The fraction of sp³-hybridized carbons (Fsp3) is 0. The second-order valence-electron chi connectivity index (χ2n) is 10.6. The Balaban J connectivity index is 1.29. The second kappa shape index (κ2) is 10.5. The molecule has 0 atom stereocenters. The van der Waals surface area contributed by atoms with Gasteiger partial charge in [0.25, 0.3) is 0 Å². The topological polar surface area (TPSA) is 3.24 Å². The normalized spacial score (nSPS) is 11.3. The molecule has 8 aromatic rings. The van der Waals surface area contributed by atoms with Crippen molar-refractivity contribution in [3.05, 3.63) is 164 Å². The zero-order chi connectivity index (χ0) is 27.9. The van der Waals surface area contributed by atoms with E-state index in [1.807, 2.05) is 0 Å². The van der Waals surface area contributed by atoms with Crippen molar-refractivity contribution in [3.63, 3.8) is 0 Å². The summed E-state index contributed by atoms with van der Waals surface area (Å²) in [4.78, 5) is 2.40. The molecular formula is C40H27NSe. The van der Waals surface area contributed by atoms with Gasteiger partial charge in [0.05, 0.1) is 0 Å². The van der Waals surface area contributed by atoms with Gasteiger partial charge in [0.15, 0.2) is 0 Å². The van der Waals surface area contributed by atoms with Gasteiger partial charge in [0.1, 0.15) is 0 Å². The Bertz CT molecular complexity index is 2180. The van der Waals surface area contributed by atoms with Gasteiger partial charge in [-0.3, -0.25) is 0 Å². The van der Waals surface area contributed by atoms with Gasteiger partial charge in [-0.15, -0.1) is 0 Å². The Morgan fingerprint density at radius 2 is 0.952 bits per heavy atom. The summed E-state index contributed by atoms with van der Waals surface area (Å²) in [5.41, 5.74) is 8.36. The van der Waals surface area contributed by atoms with Crippen molar-refractivity contribution in [1.29, 1.82) is 0 Å². The number of benzene rings is 7. The van der Waals surface area contributed by atoms with Gasteiger partial charge in [-0.1, -0.05) is 0 Å². The first-order valence-corrected chi connectivity index (χ1v) is 16.0. The van der Waals surface area contributed by atoms with Crippen LogP contribution in [0.5, 0.6) is 0 Å². The van der Waals surface area contributed by atoms with Gasteiger partial charge in [-0.05, 0) is 0 Å². The Hall–Kier alpha value is -4.88. The molecule has 0 amide bonds. The summed E-state index contributed by atoms with van der Waals surface area (Å²) in [6, 6.07) is 59.5. The summed E-state index contributed by atoms with van der Waals surface area (Å²) in [7, 11) is 0. The van der Waals surface area contributed by atoms with Crippen LogP contribution in [0.15, 0.2) is 164 Å². The van der Waals surface area contributed by atoms with Crippen LogP contribution in [-0.4, -0.2) is 14.5 Å². The Morgan fingerprint density at radius 1 is 0.357 bits per heavy atom. The summed E-state index contributed by atoms with van der Waals surface area (Å²) in [6.45, 7) is 0. The minimum atomic E-state index is 0.246. The monoisotopic (exact) mass is 601 g/mol. The van der Waals surface area contributed by atoms with Crippen LogP contribution in [0.2, 0.25) is 0 Å². The number of fused-ring (bicyclic) bond motifs is 5. The van der Waals surface area contributed by atoms with Crippen LogP contribution >= 0.6 is 0 Å². The predicted molar refractivity (Wildman–Crippen MR) is 181 cm³/mol. The quantitative estimate of drug-likeness (QED) is 0.178. The van der Waals surface area contributed by atoms with E-state index in [1.54, 1.807) is 0 Å². The van der Waals surface area contributed by atoms with E-state index in [-0.39, 0.29) is 14.5 Å². The summed E-state index contributed by atoms with van der Waals surface area (Å²) >= 11 is 0.246. The molecule has 0 aliphatic heterocycles. The van der Waals surface area contributed by atoms with Crippen molar-refractivity contribution in [2.24, 2.45) is 0 Å². The molecule has 0 saturated carbocycles. The zero-order valence-corrected chi connectivity index (χ0v) is 24.7. The molecule has 0 saturated heterocycles. The van der Waals surface area contributed by atoms with Gasteiger partial charge in [0.2, 0.25) is 0 Å². The average Bonchev–Trinajstić information content (AvgIpc) is 3.45. The third kappa shape index (κ3) is 4.43. The maximum atomic E-state index is 2.42. The van der Waals surface area contributed by atoms with E-state index in [4.69, 9.17) is 0 Å². The zero-order valence-electron chi connectivity index (χ0n) is 22.9. The fourth-order valence-electron chi connectivity index (χ4n) is 5.97. The van der Waals surface area contributed by atoms with Crippen molar-refractivity contribution in [2.45, 2.75) is 0 Å². The molecule has 1 aromatic heterocycles. The molecule has 0 radical (unpaired) electrons. The molecule has 1 heterocycles. The fourth-order valence-corrected chi connectivity index (χ4v) is 8.64. The SMILES string of the molecule is c1ccc(-c2ccc(N(c3cccc(-c4ccccc4)c3)c3ccc4c(c3)[se]c3c5ccccc5ccc43)cc2)cc1. The van der Waals surface area contributed by atoms with Crippen LogP contribution in [0.1, 0.15) is 0 Å². The molecule has 0 unspecified atom stereocenters. The summed E-state index contributed by atoms with van der Waals surface area (Å²) < 4.78 is 2.94. The van der Waals surface area contributed by atoms with Crippen LogP contribution in [0.3, 0.4) is 0 Å². The number of rotatable bonds is 5. The minimum absolute atomic E-state index is 0.246. The Morgan fingerprint density at radius 3 is 1.74 bits per heavy atom. The van der Waals surface area contributed by atoms with Crippen molar-refractivity contribution in [3.8, 4) is 22.3 Å². The first kappa shape index (κ1) is 24.9. The van der Waals surface area contributed by atoms with Gasteiger partial charge in [-0.25, -0.2) is 0 Å². The molecule has 2 heteroatoms. The van der Waals surface area contributed by atoms with Gasteiger partial charge in [0, 0.05) is 0 Å². The maximum absolute atomic E-state index is 2.42. The second-order valence-corrected chi connectivity index (χ2v) is 12.8. The summed E-state index contributed by atoms with van der Waals surface area (Å²) in [6.07, 6.45) is 0. The van der Waals surface area contributed by atoms with Crippen molar-refractivity contribution in [2.75, 3.05) is 4.90 Å². The van der Waals surface area contributed by atoms with Crippen molar-refractivity contribution in [1.82, 2.24) is 0 Å². The summed E-state index contributed by atoms with van der Waals surface area (Å²) in [5.74, 6) is 0. The van der Waals surface area contributed by atoms with Crippen LogP contribution in [0.25, 0.3) is 52.3 Å². The number of hydrogen-bond donors (Lipinski definition) is 0. The Labute approximate surface area is 251 Å². The molecule has 198 valence electrons. The van der Waals surface area contributed by atoms with Crippen LogP contribution in [-0.2, 0) is 0 Å². The first-order chi connectivity index (χ1) is 20.8. The van der Waals surface area contributed by atoms with E-state index < -0.39 is 0 Å². The third-order valence-electron chi connectivity index (χ3n) is 8.05. The van der Waals surface area contributed by atoms with E-state index in [2.05, 4.69) is 169 Å². The molecule has 0 N–H and O–H groups in total. The van der Waals surface area contributed by atoms with Gasteiger partial charge in [-0.2, -0.15) is 0 Å². The van der Waals surface area contributed by atoms with Crippen LogP contribution in [0.4, 0.5) is 17.1 Å². The average molecular weight is 601 g/mol. The van der Waals surface area contributed by atoms with E-state index in [9.17, 15) is 0 Å².